The molecule has 256 valence electrons. The van der Waals surface area contributed by atoms with Gasteiger partial charge in [0, 0.05) is 53.9 Å². The van der Waals surface area contributed by atoms with Crippen LogP contribution in [0.4, 0.5) is 18.9 Å². The molecule has 1 atom stereocenters. The van der Waals surface area contributed by atoms with E-state index in [0.717, 1.165) is 113 Å². The van der Waals surface area contributed by atoms with Crippen LogP contribution in [-0.4, -0.2) is 82.1 Å². The second-order valence-electron chi connectivity index (χ2n) is 13.6. The molecule has 47 heavy (non-hydrogen) atoms. The molecule has 2 aromatic rings. The second-order valence-corrected chi connectivity index (χ2v) is 13.6. The Morgan fingerprint density at radius 1 is 0.936 bits per heavy atom. The molecule has 7 rings (SSSR count). The van der Waals surface area contributed by atoms with Crippen molar-refractivity contribution in [3.05, 3.63) is 30.1 Å². The van der Waals surface area contributed by atoms with Gasteiger partial charge in [0.2, 0.25) is 11.8 Å². The highest BCUT2D eigenvalue weighted by Crippen LogP contribution is 2.46. The molecule has 2 aliphatic carbocycles. The summed E-state index contributed by atoms with van der Waals surface area (Å²) in [6, 6.07) is 4.82. The van der Waals surface area contributed by atoms with Gasteiger partial charge in [-0.15, -0.1) is 0 Å². The molecule has 2 saturated carbocycles. The van der Waals surface area contributed by atoms with Gasteiger partial charge in [-0.05, 0) is 103 Å². The molecule has 13 heteroatoms. The van der Waals surface area contributed by atoms with Crippen molar-refractivity contribution < 1.29 is 37.4 Å². The fraction of sp³-hybridized carbons (Fsp3) is 0.647. The number of piperidine rings is 2. The Kier molecular flexibility index (Phi) is 9.82. The number of carboxylic acid groups (broad SMARTS) is 1. The average molecular weight is 660 g/mol. The summed E-state index contributed by atoms with van der Waals surface area (Å²) in [5.41, 5.74) is 4.40. The molecule has 3 aliphatic heterocycles. The summed E-state index contributed by atoms with van der Waals surface area (Å²) in [6.45, 7) is 5.69. The number of alkyl halides is 3. The number of carbonyl (C=O) groups is 3. The van der Waals surface area contributed by atoms with Crippen LogP contribution in [0.15, 0.2) is 24.5 Å². The molecule has 0 unspecified atom stereocenters. The van der Waals surface area contributed by atoms with Crippen LogP contribution >= 0.6 is 0 Å². The molecule has 5 aliphatic rings. The van der Waals surface area contributed by atoms with Gasteiger partial charge >= 0.3 is 12.1 Å². The van der Waals surface area contributed by atoms with Gasteiger partial charge in [0.05, 0.1) is 24.0 Å². The van der Waals surface area contributed by atoms with E-state index >= 15 is 0 Å². The number of nitrogens with zero attached hydrogens (tertiary/aromatic N) is 4. The monoisotopic (exact) mass is 659 g/mol. The number of aromatic nitrogens is 2. The van der Waals surface area contributed by atoms with E-state index in [9.17, 15) is 22.8 Å². The summed E-state index contributed by atoms with van der Waals surface area (Å²) in [4.78, 5) is 39.3. The summed E-state index contributed by atoms with van der Waals surface area (Å²) in [5, 5.41) is 15.3. The van der Waals surface area contributed by atoms with E-state index in [-0.39, 0.29) is 29.9 Å². The SMILES string of the molecule is C[C@H]1CCc2c(ccc(-c3cnn(C4CCN(C(=O)C5CCNCC5)CC4)c3)c2OC2CCC2)N1C(=O)C1CC1.O=C(O)C(F)(F)F. The molecule has 0 spiro atoms. The zero-order chi connectivity index (χ0) is 33.3. The first-order chi connectivity index (χ1) is 22.5. The van der Waals surface area contributed by atoms with Crippen molar-refractivity contribution in [2.24, 2.45) is 11.8 Å². The number of ether oxygens (including phenoxy) is 1. The van der Waals surface area contributed by atoms with Gasteiger partial charge in [-0.1, -0.05) is 0 Å². The maximum absolute atomic E-state index is 13.3. The van der Waals surface area contributed by atoms with Crippen molar-refractivity contribution in [2.75, 3.05) is 31.1 Å². The van der Waals surface area contributed by atoms with Crippen LogP contribution in [-0.2, 0) is 20.8 Å². The van der Waals surface area contributed by atoms with Crippen molar-refractivity contribution in [1.82, 2.24) is 20.0 Å². The topological polar surface area (TPSA) is 117 Å². The summed E-state index contributed by atoms with van der Waals surface area (Å²) in [5.74, 6) is -0.781. The molecular formula is C34H44F3N5O5. The van der Waals surface area contributed by atoms with Crippen LogP contribution in [0.2, 0.25) is 0 Å². The molecule has 4 fully saturated rings. The smallest absolute Gasteiger partial charge is 0.489 e. The van der Waals surface area contributed by atoms with Crippen LogP contribution in [0.25, 0.3) is 11.1 Å². The zero-order valence-corrected chi connectivity index (χ0v) is 26.8. The lowest BCUT2D eigenvalue weighted by Gasteiger charge is -2.38. The number of fused-ring (bicyclic) bond motifs is 1. The first-order valence-electron chi connectivity index (χ1n) is 17.0. The molecule has 0 bridgehead atoms. The molecule has 4 heterocycles. The number of amides is 2. The minimum absolute atomic E-state index is 0.186. The highest BCUT2D eigenvalue weighted by molar-refractivity contribution is 5.99. The largest absolute Gasteiger partial charge is 0.490 e. The predicted molar refractivity (Wildman–Crippen MR) is 168 cm³/mol. The van der Waals surface area contributed by atoms with Gasteiger partial charge in [-0.25, -0.2) is 4.79 Å². The van der Waals surface area contributed by atoms with E-state index in [1.807, 2.05) is 6.20 Å². The second kappa shape index (κ2) is 13.9. The number of carbonyl (C=O) groups excluding carboxylic acids is 2. The maximum atomic E-state index is 13.3. The Labute approximate surface area is 272 Å². The normalized spacial score (nSPS) is 22.5. The minimum atomic E-state index is -5.08. The number of benzene rings is 1. The van der Waals surface area contributed by atoms with E-state index in [4.69, 9.17) is 19.7 Å². The Hall–Kier alpha value is -3.61. The van der Waals surface area contributed by atoms with E-state index in [1.54, 1.807) is 0 Å². The standard InChI is InChI=1S/C32H43N5O3.C2HF3O2/c1-21-5-8-28-29(37(21)32(39)22-6-7-22)10-9-27(30(28)40-26-3-2-4-26)24-19-34-36(20-24)25-13-17-35(18-14-25)31(38)23-11-15-33-16-12-23;3-2(4,5)1(6)7/h9-10,19-23,25-26,33H,2-8,11-18H2,1H3;(H,6,7)/t21-;/m0./s1. The molecule has 2 N–H and O–H groups in total. The summed E-state index contributed by atoms with van der Waals surface area (Å²) >= 11 is 0. The lowest BCUT2D eigenvalue weighted by molar-refractivity contribution is -0.192. The van der Waals surface area contributed by atoms with Crippen LogP contribution in [0.3, 0.4) is 0 Å². The number of aliphatic carboxylic acids is 1. The fourth-order valence-corrected chi connectivity index (χ4v) is 7.04. The molecule has 2 saturated heterocycles. The number of nitrogens with one attached hydrogen (secondary N) is 1. The first kappa shape index (κ1) is 33.3. The predicted octanol–water partition coefficient (Wildman–Crippen LogP) is 5.36. The summed E-state index contributed by atoms with van der Waals surface area (Å²) in [7, 11) is 0. The molecule has 1 aromatic heterocycles. The third-order valence-electron chi connectivity index (χ3n) is 10.2. The Balaban J connectivity index is 0.000000499. The van der Waals surface area contributed by atoms with E-state index < -0.39 is 12.1 Å². The lowest BCUT2D eigenvalue weighted by atomic mass is 9.91. The third-order valence-corrected chi connectivity index (χ3v) is 10.2. The molecule has 10 nitrogen and oxygen atoms in total. The fourth-order valence-electron chi connectivity index (χ4n) is 7.04. The third kappa shape index (κ3) is 7.44. The quantitative estimate of drug-likeness (QED) is 0.429. The number of likely N-dealkylation sites (tertiary alicyclic amines) is 1. The maximum Gasteiger partial charge on any atom is 0.490 e. The van der Waals surface area contributed by atoms with Gasteiger partial charge in [-0.2, -0.15) is 18.3 Å². The van der Waals surface area contributed by atoms with Crippen LogP contribution < -0.4 is 15.0 Å². The van der Waals surface area contributed by atoms with Gasteiger partial charge in [0.25, 0.3) is 0 Å². The van der Waals surface area contributed by atoms with Crippen molar-refractivity contribution in [2.45, 2.75) is 102 Å². The van der Waals surface area contributed by atoms with E-state index in [1.165, 1.54) is 12.0 Å². The average Bonchev–Trinajstić information content (AvgIpc) is 3.78. The van der Waals surface area contributed by atoms with Gasteiger partial charge in [0.1, 0.15) is 5.75 Å². The highest BCUT2D eigenvalue weighted by atomic mass is 19.4. The van der Waals surface area contributed by atoms with Gasteiger partial charge in [-0.3, -0.25) is 14.3 Å². The molecule has 1 aromatic carbocycles. The Bertz CT molecular complexity index is 1460. The first-order valence-corrected chi connectivity index (χ1v) is 17.0. The summed E-state index contributed by atoms with van der Waals surface area (Å²) < 4.78 is 40.5. The number of hydrogen-bond donors (Lipinski definition) is 2. The van der Waals surface area contributed by atoms with Gasteiger partial charge in [0.15, 0.2) is 0 Å². The van der Waals surface area contributed by atoms with E-state index in [0.29, 0.717) is 11.9 Å². The van der Waals surface area contributed by atoms with Crippen molar-refractivity contribution in [1.29, 1.82) is 0 Å². The highest BCUT2D eigenvalue weighted by Gasteiger charge is 2.40. The lowest BCUT2D eigenvalue weighted by Crippen LogP contribution is -2.44. The number of hydrogen-bond acceptors (Lipinski definition) is 6. The number of halogens is 3. The molecule has 2 amide bonds. The Morgan fingerprint density at radius 2 is 1.60 bits per heavy atom. The number of carboxylic acids is 1. The molecule has 0 radical (unpaired) electrons. The van der Waals surface area contributed by atoms with Crippen molar-refractivity contribution >= 4 is 23.5 Å². The van der Waals surface area contributed by atoms with Gasteiger partial charge < -0.3 is 25.0 Å². The molecular weight excluding hydrogens is 615 g/mol. The minimum Gasteiger partial charge on any atom is -0.489 e. The number of anilines is 1. The van der Waals surface area contributed by atoms with Crippen LogP contribution in [0.1, 0.15) is 82.7 Å². The van der Waals surface area contributed by atoms with Crippen LogP contribution in [0, 0.1) is 11.8 Å². The van der Waals surface area contributed by atoms with E-state index in [2.05, 4.69) is 45.1 Å². The number of rotatable bonds is 6. The van der Waals surface area contributed by atoms with Crippen LogP contribution in [0.5, 0.6) is 5.75 Å². The zero-order valence-electron chi connectivity index (χ0n) is 26.8. The van der Waals surface area contributed by atoms with Crippen molar-refractivity contribution in [3.63, 3.8) is 0 Å². The Morgan fingerprint density at radius 3 is 2.19 bits per heavy atom. The summed E-state index contributed by atoms with van der Waals surface area (Å²) in [6.07, 6.45) is 10.4. The van der Waals surface area contributed by atoms with Crippen molar-refractivity contribution in [3.8, 4) is 16.9 Å².